The SMILES string of the molecule is FC(F)=C1C(C(C(F)(F)F)(C(F)(F)F)C(F)(F)F)=C(F)C(F)(F)C1(F)F. The Labute approximate surface area is 130 Å². The van der Waals surface area contributed by atoms with Crippen molar-refractivity contribution in [3.8, 4) is 0 Å². The van der Waals surface area contributed by atoms with Crippen LogP contribution in [0.1, 0.15) is 0 Å². The average molecular weight is 424 g/mol. The zero-order chi connectivity index (χ0) is 21.3. The van der Waals surface area contributed by atoms with Crippen LogP contribution in [-0.2, 0) is 0 Å². The molecule has 0 aromatic carbocycles. The second kappa shape index (κ2) is 5.43. The molecule has 0 atom stereocenters. The summed E-state index contributed by atoms with van der Waals surface area (Å²) in [6, 6.07) is 0. The summed E-state index contributed by atoms with van der Waals surface area (Å²) in [5.74, 6) is -18.3. The lowest BCUT2D eigenvalue weighted by Crippen LogP contribution is -2.61. The Morgan fingerprint density at radius 2 is 0.923 bits per heavy atom. The summed E-state index contributed by atoms with van der Waals surface area (Å²) in [4.78, 5) is 0. The highest BCUT2D eigenvalue weighted by atomic mass is 19.4. The van der Waals surface area contributed by atoms with E-state index in [1.807, 2.05) is 0 Å². The largest absolute Gasteiger partial charge is 0.416 e. The van der Waals surface area contributed by atoms with Crippen LogP contribution in [0, 0.1) is 5.41 Å². The lowest BCUT2D eigenvalue weighted by atomic mass is 9.75. The summed E-state index contributed by atoms with van der Waals surface area (Å²) in [6.45, 7) is 0. The topological polar surface area (TPSA) is 0 Å². The Morgan fingerprint density at radius 3 is 1.15 bits per heavy atom. The van der Waals surface area contributed by atoms with Crippen molar-refractivity contribution in [2.45, 2.75) is 30.4 Å². The highest BCUT2D eigenvalue weighted by Crippen LogP contribution is 2.71. The number of alkyl halides is 13. The van der Waals surface area contributed by atoms with Crippen LogP contribution in [0.5, 0.6) is 0 Å². The molecule has 0 bridgehead atoms. The minimum absolute atomic E-state index is 4.34. The summed E-state index contributed by atoms with van der Waals surface area (Å²) >= 11 is 0. The van der Waals surface area contributed by atoms with Gasteiger partial charge in [-0.25, -0.2) is 4.39 Å². The zero-order valence-electron chi connectivity index (χ0n) is 11.0. The zero-order valence-corrected chi connectivity index (χ0v) is 11.0. The van der Waals surface area contributed by atoms with Crippen molar-refractivity contribution in [1.29, 1.82) is 0 Å². The molecule has 0 unspecified atom stereocenters. The third kappa shape index (κ3) is 2.46. The summed E-state index contributed by atoms with van der Waals surface area (Å²) in [7, 11) is 0. The molecule has 152 valence electrons. The van der Waals surface area contributed by atoms with Crippen molar-refractivity contribution in [2.75, 3.05) is 0 Å². The molecule has 0 saturated heterocycles. The van der Waals surface area contributed by atoms with Crippen LogP contribution >= 0.6 is 0 Å². The molecule has 1 rings (SSSR count). The Bertz CT molecular complexity index is 610. The molecule has 0 amide bonds. The fourth-order valence-electron chi connectivity index (χ4n) is 2.19. The van der Waals surface area contributed by atoms with Gasteiger partial charge in [0.05, 0.1) is 0 Å². The van der Waals surface area contributed by atoms with E-state index in [-0.39, 0.29) is 0 Å². The van der Waals surface area contributed by atoms with Gasteiger partial charge in [-0.2, -0.15) is 65.9 Å². The fourth-order valence-corrected chi connectivity index (χ4v) is 2.19. The summed E-state index contributed by atoms with van der Waals surface area (Å²) in [5.41, 5.74) is -16.7. The van der Waals surface area contributed by atoms with Crippen molar-refractivity contribution < 1.29 is 70.2 Å². The maximum atomic E-state index is 13.3. The van der Waals surface area contributed by atoms with Crippen LogP contribution in [0.2, 0.25) is 0 Å². The van der Waals surface area contributed by atoms with E-state index in [0.717, 1.165) is 0 Å². The molecule has 26 heavy (non-hydrogen) atoms. The molecule has 0 aliphatic heterocycles. The quantitative estimate of drug-likeness (QED) is 0.433. The third-order valence-corrected chi connectivity index (χ3v) is 3.29. The van der Waals surface area contributed by atoms with Crippen molar-refractivity contribution in [2.24, 2.45) is 5.41 Å². The van der Waals surface area contributed by atoms with Crippen LogP contribution in [0.3, 0.4) is 0 Å². The Balaban J connectivity index is 4.31. The van der Waals surface area contributed by atoms with E-state index in [0.29, 0.717) is 0 Å². The minimum atomic E-state index is -7.85. The number of halogens is 16. The minimum Gasteiger partial charge on any atom is -0.204 e. The normalized spacial score (nSPS) is 21.5. The molecular weight excluding hydrogens is 424 g/mol. The van der Waals surface area contributed by atoms with Crippen molar-refractivity contribution in [1.82, 2.24) is 0 Å². The second-order valence-corrected chi connectivity index (χ2v) is 4.72. The Hall–Kier alpha value is -1.64. The van der Waals surface area contributed by atoms with Gasteiger partial charge in [0.1, 0.15) is 5.57 Å². The predicted octanol–water partition coefficient (Wildman–Crippen LogP) is 6.32. The van der Waals surface area contributed by atoms with E-state index in [4.69, 9.17) is 0 Å². The molecule has 0 fully saturated rings. The molecule has 0 N–H and O–H groups in total. The molecule has 0 nitrogen and oxygen atoms in total. The molecule has 0 aromatic heterocycles. The molecule has 0 saturated carbocycles. The molecule has 1 aliphatic rings. The van der Waals surface area contributed by atoms with Gasteiger partial charge in [0.25, 0.3) is 11.5 Å². The maximum absolute atomic E-state index is 13.3. The molecule has 1 aliphatic carbocycles. The monoisotopic (exact) mass is 424 g/mol. The van der Waals surface area contributed by atoms with E-state index in [2.05, 4.69) is 0 Å². The van der Waals surface area contributed by atoms with Crippen molar-refractivity contribution in [3.05, 3.63) is 23.1 Å². The number of allylic oxidation sites excluding steroid dienone is 3. The van der Waals surface area contributed by atoms with Crippen molar-refractivity contribution in [3.63, 3.8) is 0 Å². The smallest absolute Gasteiger partial charge is 0.204 e. The summed E-state index contributed by atoms with van der Waals surface area (Å²) < 4.78 is 205. The van der Waals surface area contributed by atoms with Gasteiger partial charge in [-0.05, 0) is 0 Å². The van der Waals surface area contributed by atoms with Gasteiger partial charge in [-0.1, -0.05) is 0 Å². The van der Waals surface area contributed by atoms with E-state index < -0.39 is 58.8 Å². The van der Waals surface area contributed by atoms with Crippen molar-refractivity contribution >= 4 is 0 Å². The van der Waals surface area contributed by atoms with Gasteiger partial charge < -0.3 is 0 Å². The summed E-state index contributed by atoms with van der Waals surface area (Å²) in [6.07, 6.45) is -28.0. The molecule has 16 heteroatoms. The van der Waals surface area contributed by atoms with E-state index >= 15 is 0 Å². The van der Waals surface area contributed by atoms with Gasteiger partial charge in [0.15, 0.2) is 5.83 Å². The van der Waals surface area contributed by atoms with Gasteiger partial charge in [0.2, 0.25) is 0 Å². The van der Waals surface area contributed by atoms with Crippen LogP contribution in [-0.4, -0.2) is 30.4 Å². The number of rotatable bonds is 1. The number of hydrogen-bond donors (Lipinski definition) is 0. The van der Waals surface area contributed by atoms with Gasteiger partial charge in [-0.15, -0.1) is 0 Å². The Morgan fingerprint density at radius 1 is 0.615 bits per heavy atom. The molecular formula is C10F16. The Kier molecular flexibility index (Phi) is 4.68. The third-order valence-electron chi connectivity index (χ3n) is 3.29. The van der Waals surface area contributed by atoms with Gasteiger partial charge in [-0.3, -0.25) is 0 Å². The van der Waals surface area contributed by atoms with E-state index in [1.54, 1.807) is 0 Å². The predicted molar refractivity (Wildman–Crippen MR) is 47.9 cm³/mol. The summed E-state index contributed by atoms with van der Waals surface area (Å²) in [5, 5.41) is 0. The van der Waals surface area contributed by atoms with E-state index in [9.17, 15) is 70.2 Å². The first-order chi connectivity index (χ1) is 11.1. The first-order valence-electron chi connectivity index (χ1n) is 5.52. The average Bonchev–Trinajstić information content (AvgIpc) is 2.42. The van der Waals surface area contributed by atoms with Crippen LogP contribution in [0.25, 0.3) is 0 Å². The first kappa shape index (κ1) is 22.4. The first-order valence-corrected chi connectivity index (χ1v) is 5.52. The highest BCUT2D eigenvalue weighted by molar-refractivity contribution is 5.56. The number of hydrogen-bond acceptors (Lipinski definition) is 0. The highest BCUT2D eigenvalue weighted by Gasteiger charge is 2.90. The standard InChI is InChI=1S/C10F16/c11-3-1(2(4(12)13)6(14,15)7(3,16)17)5(8(18,19)20,9(21,22)23)10(24,25)26. The lowest BCUT2D eigenvalue weighted by Gasteiger charge is -2.39. The van der Waals surface area contributed by atoms with Crippen LogP contribution < -0.4 is 0 Å². The molecule has 0 radical (unpaired) electrons. The van der Waals surface area contributed by atoms with Crippen LogP contribution in [0.15, 0.2) is 23.1 Å². The van der Waals surface area contributed by atoms with E-state index in [1.165, 1.54) is 0 Å². The molecule has 0 aromatic rings. The van der Waals surface area contributed by atoms with Gasteiger partial charge >= 0.3 is 30.4 Å². The maximum Gasteiger partial charge on any atom is 0.416 e. The lowest BCUT2D eigenvalue weighted by molar-refractivity contribution is -0.410. The van der Waals surface area contributed by atoms with Crippen LogP contribution in [0.4, 0.5) is 70.2 Å². The van der Waals surface area contributed by atoms with Gasteiger partial charge in [0, 0.05) is 5.57 Å². The fraction of sp³-hybridized carbons (Fsp3) is 0.600. The molecule has 0 spiro atoms. The molecule has 0 heterocycles. The second-order valence-electron chi connectivity index (χ2n) is 4.72.